The molecule has 0 aromatic rings. The van der Waals surface area contributed by atoms with Gasteiger partial charge in [-0.3, -0.25) is 0 Å². The van der Waals surface area contributed by atoms with E-state index in [1.165, 1.54) is 0 Å². The minimum atomic E-state index is -4.94. The van der Waals surface area contributed by atoms with Crippen LogP contribution in [0.4, 0.5) is 0 Å². The summed E-state index contributed by atoms with van der Waals surface area (Å²) in [7, 11) is -4.94. The third-order valence-electron chi connectivity index (χ3n) is 0.778. The summed E-state index contributed by atoms with van der Waals surface area (Å²) in [6.45, 7) is 13.5. The summed E-state index contributed by atoms with van der Waals surface area (Å²) in [6, 6.07) is 0. The zero-order valence-electron chi connectivity index (χ0n) is 9.19. The van der Waals surface area contributed by atoms with E-state index in [-0.39, 0.29) is 21.1 Å². The normalized spacial score (nSPS) is 9.79. The maximum Gasteiger partial charge on any atom is 0.00506 e. The van der Waals surface area contributed by atoms with Crippen LogP contribution in [-0.4, -0.2) is 0 Å². The van der Waals surface area contributed by atoms with Crippen molar-refractivity contribution in [1.82, 2.24) is 0 Å². The Kier molecular flexibility index (Phi) is 49.4. The largest absolute Gasteiger partial charge is 0.222 e. The molecule has 0 spiro atoms. The van der Waals surface area contributed by atoms with E-state index in [9.17, 15) is 0 Å². The maximum absolute atomic E-state index is 8.49. The first-order valence-electron chi connectivity index (χ1n) is 3.56. The first-order chi connectivity index (χ1) is 8.50. The monoisotopic (exact) mass is 372 g/mol. The fraction of sp³-hybridized carbons (Fsp3) is 0. The molecule has 1 rings (SSSR count). The van der Waals surface area contributed by atoms with Gasteiger partial charge in [0.25, 0.3) is 0 Å². The third-order valence-corrected chi connectivity index (χ3v) is 0.778. The smallest absolute Gasteiger partial charge is 0.00506 e. The van der Waals surface area contributed by atoms with Crippen molar-refractivity contribution in [3.63, 3.8) is 0 Å². The van der Waals surface area contributed by atoms with E-state index in [4.69, 9.17) is 32.6 Å². The first kappa shape index (κ1) is 30.9. The molecule has 0 aromatic heterocycles. The Labute approximate surface area is 127 Å². The molecule has 0 bridgehead atoms. The van der Waals surface area contributed by atoms with Gasteiger partial charge in [-0.2, -0.15) is 0 Å². The van der Waals surface area contributed by atoms with Crippen molar-refractivity contribution in [1.29, 1.82) is 0 Å². The van der Waals surface area contributed by atoms with Crippen LogP contribution in [-0.2, 0) is 35.0 Å². The average molecular weight is 371 g/mol. The Morgan fingerprint density at radius 1 is 0.579 bits per heavy atom. The molecule has 0 N–H and O–H groups in total. The van der Waals surface area contributed by atoms with E-state index < -0.39 is 10.2 Å². The number of halogens is 1. The molecule has 19 heavy (non-hydrogen) atoms. The number of allylic oxidation sites excluding steroid dienone is 6. The predicted molar refractivity (Wildman–Crippen MR) is 43.5 cm³/mol. The van der Waals surface area contributed by atoms with Gasteiger partial charge >= 0.3 is 33.9 Å². The van der Waals surface area contributed by atoms with Gasteiger partial charge in [-0.05, 0) is 0 Å². The average Bonchev–Trinajstić information content (AvgIpc) is 2.67. The summed E-state index contributed by atoms with van der Waals surface area (Å²) in [5, 5.41) is 0. The molecule has 0 unspecified atom stereocenters. The van der Waals surface area contributed by atoms with Crippen LogP contribution in [0.2, 0.25) is 0 Å². The van der Waals surface area contributed by atoms with E-state index in [0.717, 1.165) is 0 Å². The van der Waals surface area contributed by atoms with Crippen LogP contribution in [0.25, 0.3) is 0 Å². The van der Waals surface area contributed by atoms with Gasteiger partial charge in [0, 0.05) is 27.5 Å². The first-order valence-corrected chi connectivity index (χ1v) is 4.80. The van der Waals surface area contributed by atoms with Gasteiger partial charge in [-0.15, -0.1) is 10.2 Å². The molecule has 0 aliphatic heterocycles. The number of hydrogen-bond acceptors (Lipinski definition) is 4. The molecule has 1 aliphatic carbocycles. The van der Waals surface area contributed by atoms with Crippen LogP contribution >= 0.6 is 0 Å². The van der Waals surface area contributed by atoms with Gasteiger partial charge < -0.3 is 0 Å². The van der Waals surface area contributed by atoms with Crippen LogP contribution in [0.1, 0.15) is 0 Å². The quantitative estimate of drug-likeness (QED) is 0.253. The summed E-state index contributed by atoms with van der Waals surface area (Å²) >= 11 is 0. The summed E-state index contributed by atoms with van der Waals surface area (Å²) < 4.78 is 56.5. The topological polar surface area (TPSA) is 152 Å². The Balaban J connectivity index is -0.0000000488. The van der Waals surface area contributed by atoms with Crippen molar-refractivity contribution in [2.45, 2.75) is 0 Å². The summed E-state index contributed by atoms with van der Waals surface area (Å²) in [5.74, 6) is 0. The van der Waals surface area contributed by atoms with Crippen molar-refractivity contribution >= 4 is 0 Å². The van der Waals surface area contributed by atoms with Crippen LogP contribution in [0, 0.1) is 36.6 Å². The van der Waals surface area contributed by atoms with Gasteiger partial charge in [-0.25, -0.2) is 18.6 Å². The van der Waals surface area contributed by atoms with Crippen molar-refractivity contribution in [3.05, 3.63) is 62.8 Å². The molecule has 0 amide bonds. The molecule has 1 aliphatic rings. The van der Waals surface area contributed by atoms with Crippen LogP contribution < -0.4 is 18.6 Å². The van der Waals surface area contributed by atoms with Gasteiger partial charge in [0.1, 0.15) is 0 Å². The Hall–Kier alpha value is -0.742. The molecule has 0 fully saturated rings. The molecule has 0 saturated carbocycles. The zero-order chi connectivity index (χ0) is 15.4. The maximum atomic E-state index is 8.49. The van der Waals surface area contributed by atoms with Crippen LogP contribution in [0.15, 0.2) is 36.5 Å². The van der Waals surface area contributed by atoms with Gasteiger partial charge in [0.05, 0.1) is 0 Å². The summed E-state index contributed by atoms with van der Waals surface area (Å²) in [6.07, 6.45) is 14.0. The van der Waals surface area contributed by atoms with Crippen molar-refractivity contribution < 1.29 is 63.9 Å². The van der Waals surface area contributed by atoms with E-state index >= 15 is 0 Å². The molecule has 0 aromatic carbocycles. The third kappa shape index (κ3) is 103. The molecular formula is C10H7ClMoO7-. The Morgan fingerprint density at radius 3 is 0.947 bits per heavy atom. The summed E-state index contributed by atoms with van der Waals surface area (Å²) in [5.41, 5.74) is 0. The SMILES string of the molecule is [C-]#[O+].[C-]#[O+].[C-]#[O+].[CH]1C=CC=CC=C1.[Mo].[O-][Cl+3]([O-])([O-])[O-]. The Bertz CT molecular complexity index is 265. The predicted octanol–water partition coefficient (Wildman–Crippen LogP) is -3.00. The molecule has 103 valence electrons. The molecule has 1 radical (unpaired) electrons. The standard InChI is InChI=1S/C7H7.3CO.ClHO4.Mo/c1-2-4-6-7-5-3-1;3*1-2;2-1(3,4)5;/h1-7H;;;;(H,2,3,4,5);/p-1. The van der Waals surface area contributed by atoms with Crippen LogP contribution in [0.5, 0.6) is 0 Å². The van der Waals surface area contributed by atoms with E-state index in [1.807, 2.05) is 42.9 Å². The molecule has 7 nitrogen and oxygen atoms in total. The van der Waals surface area contributed by atoms with E-state index in [2.05, 4.69) is 20.0 Å². The van der Waals surface area contributed by atoms with Crippen molar-refractivity contribution in [2.24, 2.45) is 0 Å². The van der Waals surface area contributed by atoms with Crippen molar-refractivity contribution in [3.8, 4) is 0 Å². The molecule has 0 heterocycles. The van der Waals surface area contributed by atoms with Gasteiger partial charge in [0.2, 0.25) is 0 Å². The molecule has 0 atom stereocenters. The fourth-order valence-electron chi connectivity index (χ4n) is 0.449. The van der Waals surface area contributed by atoms with Gasteiger partial charge in [-0.1, -0.05) is 36.5 Å². The number of rotatable bonds is 0. The molecule has 9 heteroatoms. The minimum absolute atomic E-state index is 0. The fourth-order valence-corrected chi connectivity index (χ4v) is 0.449. The second-order valence-electron chi connectivity index (χ2n) is 1.73. The molecule has 0 saturated heterocycles. The summed E-state index contributed by atoms with van der Waals surface area (Å²) in [4.78, 5) is 0. The molecular weight excluding hydrogens is 363 g/mol. The van der Waals surface area contributed by atoms with E-state index in [1.54, 1.807) is 0 Å². The van der Waals surface area contributed by atoms with Crippen molar-refractivity contribution in [2.75, 3.05) is 0 Å². The Morgan fingerprint density at radius 2 is 0.737 bits per heavy atom. The second-order valence-corrected chi connectivity index (χ2v) is 2.48. The number of hydrogen-bond donors (Lipinski definition) is 0. The van der Waals surface area contributed by atoms with E-state index in [0.29, 0.717) is 0 Å². The van der Waals surface area contributed by atoms with Crippen LogP contribution in [0.3, 0.4) is 0 Å². The zero-order valence-corrected chi connectivity index (χ0v) is 11.9. The minimum Gasteiger partial charge on any atom is -0.222 e. The van der Waals surface area contributed by atoms with Gasteiger partial charge in [0.15, 0.2) is 0 Å². The second kappa shape index (κ2) is 30.4.